The summed E-state index contributed by atoms with van der Waals surface area (Å²) < 4.78 is 0. The van der Waals surface area contributed by atoms with Crippen LogP contribution >= 0.6 is 11.6 Å². The second-order valence-corrected chi connectivity index (χ2v) is 9.21. The molecule has 3 aliphatic heterocycles. The Morgan fingerprint density at radius 3 is 2.32 bits per heavy atom. The number of nitrogens with zero attached hydrogens (tertiary/aromatic N) is 3. The fourth-order valence-corrected chi connectivity index (χ4v) is 5.81. The van der Waals surface area contributed by atoms with Crippen LogP contribution in [-0.2, 0) is 16.0 Å². The van der Waals surface area contributed by atoms with Gasteiger partial charge in [0.1, 0.15) is 0 Å². The number of halogens is 1. The average molecular weight is 438 g/mol. The van der Waals surface area contributed by atoms with Crippen molar-refractivity contribution in [1.82, 2.24) is 9.80 Å². The molecule has 4 amide bonds. The zero-order valence-electron chi connectivity index (χ0n) is 17.5. The molecule has 0 aliphatic carbocycles. The first-order valence-corrected chi connectivity index (χ1v) is 10.9. The quantitative estimate of drug-likeness (QED) is 0.638. The number of urea groups is 1. The van der Waals surface area contributed by atoms with E-state index in [-0.39, 0.29) is 18.4 Å². The topological polar surface area (TPSA) is 60.9 Å². The number of carbonyl (C=O) groups is 3. The summed E-state index contributed by atoms with van der Waals surface area (Å²) in [6.45, 7) is 0.710. The fraction of sp³-hybridized carbons (Fsp3) is 0.375. The minimum atomic E-state index is -1.33. The van der Waals surface area contributed by atoms with Crippen LogP contribution in [0.2, 0.25) is 5.02 Å². The lowest BCUT2D eigenvalue weighted by molar-refractivity contribution is -0.159. The zero-order chi connectivity index (χ0) is 21.9. The second-order valence-electron chi connectivity index (χ2n) is 8.77. The molecule has 160 valence electrons. The number of carbonyl (C=O) groups excluding carboxylic acids is 3. The van der Waals surface area contributed by atoms with Crippen molar-refractivity contribution in [1.29, 1.82) is 0 Å². The SMILES string of the molecule is CN1C(=O)N(C)C(=O)C2(Cc3ccc(Cl)cc3N3CC[C@H](c4ccccc4)C[C@H]32)C1=O. The molecule has 6 nitrogen and oxygen atoms in total. The maximum Gasteiger partial charge on any atom is 0.332 e. The first-order valence-electron chi connectivity index (χ1n) is 10.5. The maximum atomic E-state index is 13.6. The fourth-order valence-electron chi connectivity index (χ4n) is 5.65. The van der Waals surface area contributed by atoms with E-state index < -0.39 is 23.3 Å². The lowest BCUT2D eigenvalue weighted by atomic mass is 9.64. The summed E-state index contributed by atoms with van der Waals surface area (Å²) >= 11 is 6.31. The molecular formula is C24H24ClN3O3. The molecule has 0 unspecified atom stereocenters. The average Bonchev–Trinajstić information content (AvgIpc) is 2.80. The second kappa shape index (κ2) is 7.09. The Hall–Kier alpha value is -2.86. The first-order chi connectivity index (χ1) is 14.8. The van der Waals surface area contributed by atoms with Crippen LogP contribution in [0.3, 0.4) is 0 Å². The molecule has 2 aromatic carbocycles. The Morgan fingerprint density at radius 2 is 1.65 bits per heavy atom. The van der Waals surface area contributed by atoms with E-state index in [4.69, 9.17) is 11.6 Å². The van der Waals surface area contributed by atoms with E-state index in [2.05, 4.69) is 17.0 Å². The molecule has 1 spiro atoms. The minimum Gasteiger partial charge on any atom is -0.367 e. The van der Waals surface area contributed by atoms with Gasteiger partial charge in [0, 0.05) is 31.4 Å². The molecule has 0 saturated carbocycles. The monoisotopic (exact) mass is 437 g/mol. The summed E-state index contributed by atoms with van der Waals surface area (Å²) in [5.74, 6) is -0.594. The molecule has 2 saturated heterocycles. The van der Waals surface area contributed by atoms with Gasteiger partial charge in [-0.25, -0.2) is 4.79 Å². The minimum absolute atomic E-state index is 0.230. The van der Waals surface area contributed by atoms with Gasteiger partial charge in [0.15, 0.2) is 5.41 Å². The number of rotatable bonds is 1. The summed E-state index contributed by atoms with van der Waals surface area (Å²) in [6, 6.07) is 14.9. The highest BCUT2D eigenvalue weighted by molar-refractivity contribution is 6.31. The van der Waals surface area contributed by atoms with Gasteiger partial charge >= 0.3 is 6.03 Å². The summed E-state index contributed by atoms with van der Waals surface area (Å²) in [7, 11) is 2.93. The van der Waals surface area contributed by atoms with E-state index in [0.29, 0.717) is 18.0 Å². The third-order valence-corrected chi connectivity index (χ3v) is 7.45. The van der Waals surface area contributed by atoms with Crippen molar-refractivity contribution in [3.05, 3.63) is 64.7 Å². The number of fused-ring (bicyclic) bond motifs is 4. The standard InChI is InChI=1S/C24H24ClN3O3/c1-26-21(29)24(22(30)27(2)23(26)31)14-17-8-9-18(25)13-19(17)28-11-10-16(12-20(24)28)15-6-4-3-5-7-15/h3-9,13,16,20H,10-12,14H2,1-2H3/t16-,20-/m0/s1. The Labute approximate surface area is 186 Å². The Balaban J connectivity index is 1.66. The molecule has 3 aliphatic rings. The van der Waals surface area contributed by atoms with Crippen LogP contribution in [0.5, 0.6) is 0 Å². The predicted octanol–water partition coefficient (Wildman–Crippen LogP) is 3.69. The molecule has 0 bridgehead atoms. The lowest BCUT2D eigenvalue weighted by Crippen LogP contribution is -2.72. The number of piperidine rings is 1. The van der Waals surface area contributed by atoms with Crippen molar-refractivity contribution >= 4 is 35.1 Å². The van der Waals surface area contributed by atoms with Crippen molar-refractivity contribution in [2.45, 2.75) is 31.2 Å². The smallest absolute Gasteiger partial charge is 0.332 e. The molecular weight excluding hydrogens is 414 g/mol. The van der Waals surface area contributed by atoms with Gasteiger partial charge in [-0.15, -0.1) is 0 Å². The van der Waals surface area contributed by atoms with Gasteiger partial charge in [-0.1, -0.05) is 48.0 Å². The van der Waals surface area contributed by atoms with Crippen LogP contribution in [0.1, 0.15) is 29.9 Å². The Kier molecular flexibility index (Phi) is 4.59. The van der Waals surface area contributed by atoms with Crippen molar-refractivity contribution in [2.75, 3.05) is 25.5 Å². The van der Waals surface area contributed by atoms with Crippen molar-refractivity contribution < 1.29 is 14.4 Å². The van der Waals surface area contributed by atoms with Crippen LogP contribution < -0.4 is 4.90 Å². The van der Waals surface area contributed by atoms with Gasteiger partial charge in [0.25, 0.3) is 0 Å². The number of anilines is 1. The van der Waals surface area contributed by atoms with Gasteiger partial charge in [-0.05, 0) is 48.4 Å². The van der Waals surface area contributed by atoms with Crippen molar-refractivity contribution in [3.8, 4) is 0 Å². The predicted molar refractivity (Wildman–Crippen MR) is 118 cm³/mol. The summed E-state index contributed by atoms with van der Waals surface area (Å²) in [6.07, 6.45) is 1.83. The van der Waals surface area contributed by atoms with E-state index in [1.54, 1.807) is 6.07 Å². The van der Waals surface area contributed by atoms with Crippen molar-refractivity contribution in [2.24, 2.45) is 5.41 Å². The third-order valence-electron chi connectivity index (χ3n) is 7.21. The molecule has 2 atom stereocenters. The number of benzene rings is 2. The molecule has 7 heteroatoms. The van der Waals surface area contributed by atoms with E-state index >= 15 is 0 Å². The molecule has 31 heavy (non-hydrogen) atoms. The molecule has 3 heterocycles. The Bertz CT molecular complexity index is 1060. The Morgan fingerprint density at radius 1 is 0.968 bits per heavy atom. The first kappa shape index (κ1) is 20.1. The van der Waals surface area contributed by atoms with Gasteiger partial charge < -0.3 is 4.90 Å². The van der Waals surface area contributed by atoms with Gasteiger partial charge in [0.05, 0.1) is 6.04 Å². The van der Waals surface area contributed by atoms with E-state index in [9.17, 15) is 14.4 Å². The molecule has 2 fully saturated rings. The zero-order valence-corrected chi connectivity index (χ0v) is 18.3. The highest BCUT2D eigenvalue weighted by Crippen LogP contribution is 2.51. The summed E-state index contributed by atoms with van der Waals surface area (Å²) in [5.41, 5.74) is 1.78. The largest absolute Gasteiger partial charge is 0.367 e. The third kappa shape index (κ3) is 2.81. The number of imide groups is 2. The van der Waals surface area contributed by atoms with Crippen LogP contribution in [0.15, 0.2) is 48.5 Å². The van der Waals surface area contributed by atoms with Gasteiger partial charge in [-0.3, -0.25) is 19.4 Å². The normalized spacial score (nSPS) is 25.0. The highest BCUT2D eigenvalue weighted by atomic mass is 35.5. The van der Waals surface area contributed by atoms with Gasteiger partial charge in [0.2, 0.25) is 11.8 Å². The van der Waals surface area contributed by atoms with E-state index in [1.165, 1.54) is 19.7 Å². The summed E-state index contributed by atoms with van der Waals surface area (Å²) in [4.78, 5) is 44.2. The van der Waals surface area contributed by atoms with Crippen LogP contribution in [0.4, 0.5) is 10.5 Å². The number of hydrogen-bond donors (Lipinski definition) is 0. The number of amides is 4. The maximum absolute atomic E-state index is 13.6. The van der Waals surface area contributed by atoms with E-state index in [1.807, 2.05) is 30.3 Å². The molecule has 5 rings (SSSR count). The molecule has 2 aromatic rings. The van der Waals surface area contributed by atoms with Crippen molar-refractivity contribution in [3.63, 3.8) is 0 Å². The molecule has 0 N–H and O–H groups in total. The van der Waals surface area contributed by atoms with Crippen LogP contribution in [0, 0.1) is 5.41 Å². The highest BCUT2D eigenvalue weighted by Gasteiger charge is 2.63. The van der Waals surface area contributed by atoms with E-state index in [0.717, 1.165) is 27.5 Å². The summed E-state index contributed by atoms with van der Waals surface area (Å²) in [5, 5.41) is 0.629. The molecule has 0 aromatic heterocycles. The lowest BCUT2D eigenvalue weighted by Gasteiger charge is -2.55. The van der Waals surface area contributed by atoms with Crippen LogP contribution in [0.25, 0.3) is 0 Å². The number of hydrogen-bond acceptors (Lipinski definition) is 4. The van der Waals surface area contributed by atoms with Gasteiger partial charge in [-0.2, -0.15) is 0 Å². The molecule has 0 radical (unpaired) electrons. The van der Waals surface area contributed by atoms with Crippen LogP contribution in [-0.4, -0.2) is 54.3 Å². The number of barbiturate groups is 1.